The molecule has 1 amide bonds. The minimum Gasteiger partial charge on any atom is -0.465 e. The Morgan fingerprint density at radius 2 is 1.91 bits per heavy atom. The quantitative estimate of drug-likeness (QED) is 0.640. The van der Waals surface area contributed by atoms with E-state index in [9.17, 15) is 4.79 Å². The predicted molar refractivity (Wildman–Crippen MR) is 86.3 cm³/mol. The number of likely N-dealkylation sites (tertiary alicyclic amines) is 2. The molecule has 2 saturated heterocycles. The molecule has 2 rings (SSSR count). The Labute approximate surface area is 133 Å². The molecule has 0 radical (unpaired) electrons. The third kappa shape index (κ3) is 4.60. The zero-order valence-corrected chi connectivity index (χ0v) is 13.8. The minimum atomic E-state index is -0.776. The van der Waals surface area contributed by atoms with Crippen LogP contribution in [0.25, 0.3) is 0 Å². The monoisotopic (exact) mass is 311 g/mol. The van der Waals surface area contributed by atoms with Gasteiger partial charge in [-0.15, -0.1) is 0 Å². The van der Waals surface area contributed by atoms with Gasteiger partial charge in [-0.1, -0.05) is 5.16 Å². The Bertz CT molecular complexity index is 392. The van der Waals surface area contributed by atoms with E-state index in [-0.39, 0.29) is 0 Å². The van der Waals surface area contributed by atoms with Gasteiger partial charge in [-0.25, -0.2) is 4.79 Å². The molecule has 2 aliphatic rings. The van der Waals surface area contributed by atoms with E-state index in [0.29, 0.717) is 31.7 Å². The van der Waals surface area contributed by atoms with Gasteiger partial charge in [0, 0.05) is 25.0 Å². The Balaban J connectivity index is 1.80. The lowest BCUT2D eigenvalue weighted by atomic mass is 9.91. The lowest BCUT2D eigenvalue weighted by molar-refractivity contribution is 0.126. The van der Waals surface area contributed by atoms with Gasteiger partial charge in [0.25, 0.3) is 0 Å². The number of rotatable bonds is 4. The summed E-state index contributed by atoms with van der Waals surface area (Å²) in [6.07, 6.45) is 4.52. The molecular formula is C16H29N3O3. The highest BCUT2D eigenvalue weighted by Crippen LogP contribution is 2.25. The Hall–Kier alpha value is -1.30. The standard InChI is InChI=1S/C16H29N3O3/c1-3-22-17-13(2)14-6-10-18(11-7-14)15-5-4-9-19(12-8-15)16(20)21/h14-15H,3-12H2,1-2H3,(H,20,21). The second-order valence-electron chi connectivity index (χ2n) is 6.32. The number of amides is 1. The van der Waals surface area contributed by atoms with Crippen LogP contribution in [0, 0.1) is 5.92 Å². The fraction of sp³-hybridized carbons (Fsp3) is 0.875. The molecule has 6 heteroatoms. The number of oxime groups is 1. The van der Waals surface area contributed by atoms with Gasteiger partial charge < -0.3 is 19.7 Å². The van der Waals surface area contributed by atoms with E-state index in [0.717, 1.165) is 50.9 Å². The Morgan fingerprint density at radius 3 is 2.55 bits per heavy atom. The van der Waals surface area contributed by atoms with Crippen molar-refractivity contribution >= 4 is 11.8 Å². The second-order valence-corrected chi connectivity index (χ2v) is 6.32. The summed E-state index contributed by atoms with van der Waals surface area (Å²) in [6, 6.07) is 0.537. The van der Waals surface area contributed by atoms with Crippen LogP contribution in [-0.4, -0.2) is 65.5 Å². The van der Waals surface area contributed by atoms with Gasteiger partial charge >= 0.3 is 6.09 Å². The molecule has 0 aromatic carbocycles. The smallest absolute Gasteiger partial charge is 0.407 e. The van der Waals surface area contributed by atoms with Gasteiger partial charge in [0.15, 0.2) is 0 Å². The molecule has 126 valence electrons. The van der Waals surface area contributed by atoms with E-state index in [1.54, 1.807) is 4.90 Å². The van der Waals surface area contributed by atoms with Gasteiger partial charge in [0.1, 0.15) is 6.61 Å². The summed E-state index contributed by atoms with van der Waals surface area (Å²) in [6.45, 7) is 8.16. The Morgan fingerprint density at radius 1 is 1.18 bits per heavy atom. The van der Waals surface area contributed by atoms with Crippen molar-refractivity contribution in [1.29, 1.82) is 0 Å². The van der Waals surface area contributed by atoms with Crippen molar-refractivity contribution in [3.05, 3.63) is 0 Å². The summed E-state index contributed by atoms with van der Waals surface area (Å²) >= 11 is 0. The first-order valence-corrected chi connectivity index (χ1v) is 8.50. The number of piperidine rings is 1. The number of hydrogen-bond donors (Lipinski definition) is 1. The maximum absolute atomic E-state index is 11.1. The molecule has 0 spiro atoms. The molecule has 1 atom stereocenters. The van der Waals surface area contributed by atoms with Crippen molar-refractivity contribution in [2.24, 2.45) is 11.1 Å². The molecule has 1 N–H and O–H groups in total. The predicted octanol–water partition coefficient (Wildman–Crippen LogP) is 2.64. The lowest BCUT2D eigenvalue weighted by Gasteiger charge is -2.37. The van der Waals surface area contributed by atoms with Crippen LogP contribution in [0.1, 0.15) is 46.0 Å². The van der Waals surface area contributed by atoms with Crippen molar-refractivity contribution < 1.29 is 14.7 Å². The third-order valence-corrected chi connectivity index (χ3v) is 4.94. The van der Waals surface area contributed by atoms with Gasteiger partial charge in [-0.05, 0) is 59.0 Å². The van der Waals surface area contributed by atoms with Gasteiger partial charge in [-0.3, -0.25) is 0 Å². The van der Waals surface area contributed by atoms with Crippen LogP contribution in [0.2, 0.25) is 0 Å². The van der Waals surface area contributed by atoms with Crippen molar-refractivity contribution in [3.63, 3.8) is 0 Å². The number of carbonyl (C=O) groups is 1. The summed E-state index contributed by atoms with van der Waals surface area (Å²) in [5.41, 5.74) is 1.11. The first-order chi connectivity index (χ1) is 10.6. The van der Waals surface area contributed by atoms with E-state index < -0.39 is 6.09 Å². The van der Waals surface area contributed by atoms with Crippen LogP contribution in [-0.2, 0) is 4.84 Å². The molecule has 0 saturated carbocycles. The number of nitrogens with zero attached hydrogens (tertiary/aromatic N) is 3. The molecule has 2 aliphatic heterocycles. The van der Waals surface area contributed by atoms with E-state index in [1.165, 1.54) is 0 Å². The number of hydrogen-bond acceptors (Lipinski definition) is 4. The van der Waals surface area contributed by atoms with Crippen molar-refractivity contribution in [2.45, 2.75) is 52.0 Å². The molecule has 0 aliphatic carbocycles. The van der Waals surface area contributed by atoms with Crippen LogP contribution in [0.5, 0.6) is 0 Å². The summed E-state index contributed by atoms with van der Waals surface area (Å²) < 4.78 is 0. The highest BCUT2D eigenvalue weighted by atomic mass is 16.6. The van der Waals surface area contributed by atoms with Crippen LogP contribution in [0.15, 0.2) is 5.16 Å². The molecule has 2 heterocycles. The zero-order valence-electron chi connectivity index (χ0n) is 13.8. The average molecular weight is 311 g/mol. The van der Waals surface area contributed by atoms with Crippen LogP contribution < -0.4 is 0 Å². The van der Waals surface area contributed by atoms with E-state index in [1.807, 2.05) is 6.92 Å². The minimum absolute atomic E-state index is 0.532. The normalized spacial score (nSPS) is 25.8. The SMILES string of the molecule is CCON=C(C)C1CCN(C2CCCN(C(=O)O)CC2)CC1. The summed E-state index contributed by atoms with van der Waals surface area (Å²) in [5.74, 6) is 0.532. The average Bonchev–Trinajstić information content (AvgIpc) is 2.79. The molecule has 0 aromatic rings. The molecule has 6 nitrogen and oxygen atoms in total. The highest BCUT2D eigenvalue weighted by molar-refractivity contribution is 5.83. The van der Waals surface area contributed by atoms with Gasteiger partial charge in [0.2, 0.25) is 0 Å². The third-order valence-electron chi connectivity index (χ3n) is 4.94. The maximum atomic E-state index is 11.1. The first-order valence-electron chi connectivity index (χ1n) is 8.50. The fourth-order valence-electron chi connectivity index (χ4n) is 3.56. The van der Waals surface area contributed by atoms with Gasteiger partial charge in [-0.2, -0.15) is 0 Å². The number of carboxylic acid groups (broad SMARTS) is 1. The van der Waals surface area contributed by atoms with Crippen LogP contribution in [0.4, 0.5) is 4.79 Å². The van der Waals surface area contributed by atoms with Crippen molar-refractivity contribution in [1.82, 2.24) is 9.80 Å². The Kier molecular flexibility index (Phi) is 6.49. The second kappa shape index (κ2) is 8.36. The molecule has 0 aromatic heterocycles. The fourth-order valence-corrected chi connectivity index (χ4v) is 3.56. The maximum Gasteiger partial charge on any atom is 0.407 e. The highest BCUT2D eigenvalue weighted by Gasteiger charge is 2.28. The molecule has 1 unspecified atom stereocenters. The van der Waals surface area contributed by atoms with E-state index >= 15 is 0 Å². The topological polar surface area (TPSA) is 65.4 Å². The van der Waals surface area contributed by atoms with E-state index in [4.69, 9.17) is 9.94 Å². The largest absolute Gasteiger partial charge is 0.465 e. The van der Waals surface area contributed by atoms with Crippen LogP contribution >= 0.6 is 0 Å². The molecule has 2 fully saturated rings. The van der Waals surface area contributed by atoms with E-state index in [2.05, 4.69) is 17.0 Å². The summed E-state index contributed by atoms with van der Waals surface area (Å²) in [4.78, 5) is 20.3. The summed E-state index contributed by atoms with van der Waals surface area (Å²) in [7, 11) is 0. The van der Waals surface area contributed by atoms with Crippen molar-refractivity contribution in [2.75, 3.05) is 32.8 Å². The molecule has 22 heavy (non-hydrogen) atoms. The van der Waals surface area contributed by atoms with Crippen molar-refractivity contribution in [3.8, 4) is 0 Å². The lowest BCUT2D eigenvalue weighted by Crippen LogP contribution is -2.43. The van der Waals surface area contributed by atoms with Gasteiger partial charge in [0.05, 0.1) is 5.71 Å². The molecule has 0 bridgehead atoms. The first kappa shape index (κ1) is 17.1. The summed E-state index contributed by atoms with van der Waals surface area (Å²) in [5, 5.41) is 13.3. The van der Waals surface area contributed by atoms with Crippen LogP contribution in [0.3, 0.4) is 0 Å². The molecular weight excluding hydrogens is 282 g/mol. The zero-order chi connectivity index (χ0) is 15.9.